The van der Waals surface area contributed by atoms with Crippen molar-refractivity contribution in [2.24, 2.45) is 0 Å². The molecule has 1 aromatic carbocycles. The van der Waals surface area contributed by atoms with Crippen LogP contribution in [0.15, 0.2) is 18.2 Å². The van der Waals surface area contributed by atoms with Gasteiger partial charge in [0.1, 0.15) is 0 Å². The van der Waals surface area contributed by atoms with Gasteiger partial charge in [0.25, 0.3) is 5.69 Å². The number of phenolic OH excluding ortho intramolecular Hbond substituents is 1. The number of non-ortho nitro benzene ring substituents is 1. The molecule has 0 heterocycles. The van der Waals surface area contributed by atoms with Gasteiger partial charge in [0.15, 0.2) is 24.7 Å². The second-order valence-corrected chi connectivity index (χ2v) is 3.67. The fraction of sp³-hybridized carbons (Fsp3) is 0.182. The number of benzene rings is 1. The Kier molecular flexibility index (Phi) is 5.87. The van der Waals surface area contributed by atoms with E-state index in [9.17, 15) is 20.0 Å². The predicted molar refractivity (Wildman–Crippen MR) is 73.0 cm³/mol. The minimum atomic E-state index is -0.690. The van der Waals surface area contributed by atoms with Gasteiger partial charge in [-0.1, -0.05) is 5.92 Å². The van der Waals surface area contributed by atoms with Gasteiger partial charge < -0.3 is 14.6 Å². The summed E-state index contributed by atoms with van der Waals surface area (Å²) >= 11 is 1.80. The molecule has 0 saturated heterocycles. The lowest BCUT2D eigenvalue weighted by Crippen LogP contribution is -2.15. The molecular weight excluding hydrogens is 369 g/mol. The summed E-state index contributed by atoms with van der Waals surface area (Å²) in [5.41, 5.74) is -0.253. The first-order chi connectivity index (χ1) is 9.04. The monoisotopic (exact) mass is 377 g/mol. The highest BCUT2D eigenvalue weighted by molar-refractivity contribution is 14.1. The zero-order valence-corrected chi connectivity index (χ0v) is 11.6. The molecule has 1 rings (SSSR count). The molecule has 8 heteroatoms. The molecule has 100 valence electrons. The van der Waals surface area contributed by atoms with E-state index in [1.54, 1.807) is 22.6 Å². The van der Waals surface area contributed by atoms with Crippen LogP contribution in [-0.4, -0.2) is 29.2 Å². The molecule has 0 fully saturated rings. The number of esters is 1. The van der Waals surface area contributed by atoms with Gasteiger partial charge >= 0.3 is 5.97 Å². The van der Waals surface area contributed by atoms with Crippen LogP contribution in [0.3, 0.4) is 0 Å². The van der Waals surface area contributed by atoms with E-state index in [1.165, 1.54) is 0 Å². The highest BCUT2D eigenvalue weighted by Crippen LogP contribution is 2.29. The number of phenols is 1. The Morgan fingerprint density at radius 2 is 2.26 bits per heavy atom. The lowest BCUT2D eigenvalue weighted by molar-refractivity contribution is -0.385. The van der Waals surface area contributed by atoms with Crippen LogP contribution in [0.25, 0.3) is 0 Å². The fourth-order valence-electron chi connectivity index (χ4n) is 1.05. The van der Waals surface area contributed by atoms with E-state index in [2.05, 4.69) is 14.6 Å². The molecule has 0 aliphatic rings. The Balaban J connectivity index is 2.61. The van der Waals surface area contributed by atoms with Crippen LogP contribution < -0.4 is 4.74 Å². The summed E-state index contributed by atoms with van der Waals surface area (Å²) in [6.07, 6.45) is 0. The highest BCUT2D eigenvalue weighted by atomic mass is 127. The van der Waals surface area contributed by atoms with Gasteiger partial charge in [-0.2, -0.15) is 0 Å². The number of rotatable bonds is 5. The van der Waals surface area contributed by atoms with E-state index >= 15 is 0 Å². The second-order valence-electron chi connectivity index (χ2n) is 3.13. The maximum Gasteiger partial charge on any atom is 0.345 e. The average Bonchev–Trinajstić information content (AvgIpc) is 2.37. The third kappa shape index (κ3) is 5.01. The summed E-state index contributed by atoms with van der Waals surface area (Å²) < 4.78 is 12.1. The maximum atomic E-state index is 11.2. The summed E-state index contributed by atoms with van der Waals surface area (Å²) in [5, 5.41) is 20.0. The van der Waals surface area contributed by atoms with Gasteiger partial charge in [0.05, 0.1) is 11.0 Å². The van der Waals surface area contributed by atoms with Crippen molar-refractivity contribution >= 4 is 34.2 Å². The molecule has 0 amide bonds. The summed E-state index contributed by atoms with van der Waals surface area (Å²) in [6.45, 7) is -0.538. The first kappa shape index (κ1) is 15.0. The van der Waals surface area contributed by atoms with Gasteiger partial charge in [-0.25, -0.2) is 4.79 Å². The van der Waals surface area contributed by atoms with Gasteiger partial charge in [-0.3, -0.25) is 10.1 Å². The molecule has 1 aromatic rings. The smallest absolute Gasteiger partial charge is 0.345 e. The lowest BCUT2D eigenvalue weighted by Gasteiger charge is -2.06. The van der Waals surface area contributed by atoms with Crippen molar-refractivity contribution in [2.45, 2.75) is 0 Å². The number of carbonyl (C=O) groups is 1. The third-order valence-electron chi connectivity index (χ3n) is 1.87. The van der Waals surface area contributed by atoms with E-state index in [0.717, 1.165) is 18.2 Å². The fourth-order valence-corrected chi connectivity index (χ4v) is 1.21. The van der Waals surface area contributed by atoms with E-state index < -0.39 is 17.5 Å². The lowest BCUT2D eigenvalue weighted by atomic mass is 10.3. The molecule has 7 nitrogen and oxygen atoms in total. The molecule has 0 saturated carbocycles. The van der Waals surface area contributed by atoms with E-state index in [0.29, 0.717) is 0 Å². The Hall–Kier alpha value is -2.02. The topological polar surface area (TPSA) is 98.9 Å². The number of nitrogens with zero attached hydrogens (tertiary/aromatic N) is 1. The average molecular weight is 377 g/mol. The van der Waals surface area contributed by atoms with Crippen LogP contribution in [0.4, 0.5) is 5.69 Å². The number of halogens is 1. The van der Waals surface area contributed by atoms with Gasteiger partial charge in [0.2, 0.25) is 0 Å². The van der Waals surface area contributed by atoms with E-state index in [4.69, 9.17) is 4.74 Å². The molecule has 0 aliphatic heterocycles. The van der Waals surface area contributed by atoms with Crippen LogP contribution in [0.5, 0.6) is 11.5 Å². The summed E-state index contributed by atoms with van der Waals surface area (Å²) in [4.78, 5) is 21.1. The van der Waals surface area contributed by atoms with Crippen molar-refractivity contribution in [2.75, 3.05) is 13.2 Å². The Bertz CT molecular complexity index is 548. The zero-order valence-electron chi connectivity index (χ0n) is 9.46. The van der Waals surface area contributed by atoms with Crippen LogP contribution >= 0.6 is 22.6 Å². The van der Waals surface area contributed by atoms with Crippen LogP contribution in [0.2, 0.25) is 0 Å². The zero-order chi connectivity index (χ0) is 14.3. The number of nitro benzene ring substituents is 1. The molecule has 0 radical (unpaired) electrons. The molecular formula is C11H8INO6. The molecule has 0 aromatic heterocycles. The van der Waals surface area contributed by atoms with Gasteiger partial charge in [-0.05, 0) is 9.99 Å². The number of hydrogen-bond donors (Lipinski definition) is 1. The standard InChI is InChI=1S/C11H8INO6/c12-4-1-5-18-11(15)7-19-10-6-8(13(16)17)2-3-9(10)14/h2-3,6,14H,5,7H2. The third-order valence-corrected chi connectivity index (χ3v) is 2.25. The molecule has 0 unspecified atom stereocenters. The van der Waals surface area contributed by atoms with Crippen molar-refractivity contribution in [1.82, 2.24) is 0 Å². The molecule has 0 atom stereocenters. The Morgan fingerprint density at radius 3 is 2.89 bits per heavy atom. The molecule has 1 N–H and O–H groups in total. The van der Waals surface area contributed by atoms with Crippen molar-refractivity contribution in [1.29, 1.82) is 0 Å². The number of aromatic hydroxyl groups is 1. The van der Waals surface area contributed by atoms with Gasteiger partial charge in [0, 0.05) is 28.7 Å². The largest absolute Gasteiger partial charge is 0.504 e. The normalized spacial score (nSPS) is 9.11. The maximum absolute atomic E-state index is 11.2. The minimum Gasteiger partial charge on any atom is -0.504 e. The Labute approximate surface area is 121 Å². The summed E-state index contributed by atoms with van der Waals surface area (Å²) in [6, 6.07) is 3.25. The number of ether oxygens (including phenoxy) is 2. The molecule has 0 bridgehead atoms. The van der Waals surface area contributed by atoms with Crippen molar-refractivity contribution in [3.05, 3.63) is 28.3 Å². The summed E-state index contributed by atoms with van der Waals surface area (Å²) in [5.74, 6) is 1.36. The van der Waals surface area contributed by atoms with Crippen LogP contribution in [0.1, 0.15) is 0 Å². The van der Waals surface area contributed by atoms with Crippen molar-refractivity contribution < 1.29 is 24.3 Å². The van der Waals surface area contributed by atoms with Crippen molar-refractivity contribution in [3.8, 4) is 21.3 Å². The highest BCUT2D eigenvalue weighted by Gasteiger charge is 2.13. The second kappa shape index (κ2) is 7.42. The quantitative estimate of drug-likeness (QED) is 0.275. The first-order valence-electron chi connectivity index (χ1n) is 4.89. The number of nitro groups is 1. The van der Waals surface area contributed by atoms with Crippen molar-refractivity contribution in [3.63, 3.8) is 0 Å². The van der Waals surface area contributed by atoms with Crippen LogP contribution in [0, 0.1) is 20.0 Å². The summed E-state index contributed by atoms with van der Waals surface area (Å²) in [7, 11) is 0. The molecule has 0 aliphatic carbocycles. The molecule has 19 heavy (non-hydrogen) atoms. The first-order valence-corrected chi connectivity index (χ1v) is 5.96. The minimum absolute atomic E-state index is 0.0634. The SMILES string of the molecule is O=C(COc1cc([N+](=O)[O-])ccc1O)OCC#CI. The van der Waals surface area contributed by atoms with Crippen LogP contribution in [-0.2, 0) is 9.53 Å². The molecule has 0 spiro atoms. The Morgan fingerprint density at radius 1 is 1.53 bits per heavy atom. The number of carbonyl (C=O) groups excluding carboxylic acids is 1. The van der Waals surface area contributed by atoms with E-state index in [-0.39, 0.29) is 23.8 Å². The predicted octanol–water partition coefficient (Wildman–Crippen LogP) is 1.62. The van der Waals surface area contributed by atoms with E-state index in [1.807, 2.05) is 0 Å². The number of hydrogen-bond acceptors (Lipinski definition) is 6. The van der Waals surface area contributed by atoms with Gasteiger partial charge in [-0.15, -0.1) is 0 Å².